The Morgan fingerprint density at radius 2 is 1.68 bits per heavy atom. The Morgan fingerprint density at radius 1 is 1.11 bits per heavy atom. The van der Waals surface area contributed by atoms with E-state index in [-0.39, 0.29) is 5.92 Å². The first-order valence-electron chi connectivity index (χ1n) is 7.86. The number of carbonyl (C=O) groups is 1. The van der Waals surface area contributed by atoms with Crippen LogP contribution in [0.1, 0.15) is 46.5 Å². The van der Waals surface area contributed by atoms with Crippen molar-refractivity contribution in [3.05, 3.63) is 0 Å². The smallest absolute Gasteiger partial charge is 0.225 e. The van der Waals surface area contributed by atoms with E-state index in [4.69, 9.17) is 5.73 Å². The summed E-state index contributed by atoms with van der Waals surface area (Å²) in [5, 5.41) is 0. The van der Waals surface area contributed by atoms with Crippen LogP contribution in [0.25, 0.3) is 0 Å². The second-order valence-electron chi connectivity index (χ2n) is 5.73. The zero-order valence-electron chi connectivity index (χ0n) is 12.9. The lowest BCUT2D eigenvalue weighted by Gasteiger charge is -2.39. The van der Waals surface area contributed by atoms with Gasteiger partial charge in [0, 0.05) is 44.7 Å². The molecule has 4 nitrogen and oxygen atoms in total. The van der Waals surface area contributed by atoms with Gasteiger partial charge in [0.15, 0.2) is 0 Å². The number of carbonyl (C=O) groups excluding carboxylic acids is 1. The molecule has 2 unspecified atom stereocenters. The van der Waals surface area contributed by atoms with Gasteiger partial charge in [-0.1, -0.05) is 33.6 Å². The number of nitrogens with zero attached hydrogens (tertiary/aromatic N) is 2. The standard InChI is InChI=1S/C15H31N3O/c1-4-6-13(3)15(19)18-10-8-17(9-11-18)14(12-16)7-5-2/h13-14H,4-12,16H2,1-3H3. The van der Waals surface area contributed by atoms with Crippen molar-refractivity contribution in [2.75, 3.05) is 32.7 Å². The molecule has 1 fully saturated rings. The van der Waals surface area contributed by atoms with E-state index >= 15 is 0 Å². The van der Waals surface area contributed by atoms with Crippen LogP contribution in [-0.2, 0) is 4.79 Å². The highest BCUT2D eigenvalue weighted by Crippen LogP contribution is 2.14. The molecular weight excluding hydrogens is 238 g/mol. The molecular formula is C15H31N3O. The maximum Gasteiger partial charge on any atom is 0.225 e. The molecule has 0 bridgehead atoms. The first-order valence-corrected chi connectivity index (χ1v) is 7.86. The van der Waals surface area contributed by atoms with Crippen LogP contribution >= 0.6 is 0 Å². The number of amides is 1. The minimum absolute atomic E-state index is 0.178. The molecule has 1 rings (SSSR count). The molecule has 4 heteroatoms. The average Bonchev–Trinajstić information content (AvgIpc) is 2.44. The third-order valence-corrected chi connectivity index (χ3v) is 4.18. The molecule has 1 aliphatic heterocycles. The summed E-state index contributed by atoms with van der Waals surface area (Å²) in [6, 6.07) is 0.496. The number of rotatable bonds is 7. The van der Waals surface area contributed by atoms with Crippen LogP contribution in [-0.4, -0.2) is 54.5 Å². The van der Waals surface area contributed by atoms with Crippen molar-refractivity contribution in [3.8, 4) is 0 Å². The molecule has 2 N–H and O–H groups in total. The monoisotopic (exact) mass is 269 g/mol. The predicted molar refractivity (Wildman–Crippen MR) is 80.0 cm³/mol. The molecule has 1 amide bonds. The summed E-state index contributed by atoms with van der Waals surface area (Å²) < 4.78 is 0. The summed E-state index contributed by atoms with van der Waals surface area (Å²) in [6.07, 6.45) is 4.42. The SMILES string of the molecule is CCCC(C)C(=O)N1CCN(C(CN)CCC)CC1. The van der Waals surface area contributed by atoms with Crippen molar-refractivity contribution in [2.24, 2.45) is 11.7 Å². The fourth-order valence-corrected chi connectivity index (χ4v) is 2.96. The molecule has 0 spiro atoms. The molecule has 1 saturated heterocycles. The third kappa shape index (κ3) is 4.77. The van der Waals surface area contributed by atoms with Gasteiger partial charge in [-0.25, -0.2) is 0 Å². The van der Waals surface area contributed by atoms with Gasteiger partial charge in [0.2, 0.25) is 5.91 Å². The molecule has 0 aliphatic carbocycles. The van der Waals surface area contributed by atoms with E-state index in [1.807, 2.05) is 4.90 Å². The Morgan fingerprint density at radius 3 is 2.16 bits per heavy atom. The highest BCUT2D eigenvalue weighted by atomic mass is 16.2. The second kappa shape index (κ2) is 8.54. The summed E-state index contributed by atoms with van der Waals surface area (Å²) in [5.74, 6) is 0.513. The highest BCUT2D eigenvalue weighted by molar-refractivity contribution is 5.78. The topological polar surface area (TPSA) is 49.6 Å². The van der Waals surface area contributed by atoms with Crippen molar-refractivity contribution < 1.29 is 4.79 Å². The molecule has 112 valence electrons. The van der Waals surface area contributed by atoms with E-state index < -0.39 is 0 Å². The van der Waals surface area contributed by atoms with E-state index in [9.17, 15) is 4.79 Å². The van der Waals surface area contributed by atoms with Crippen LogP contribution in [0.3, 0.4) is 0 Å². The van der Waals surface area contributed by atoms with Crippen molar-refractivity contribution in [1.29, 1.82) is 0 Å². The Kier molecular flexibility index (Phi) is 7.39. The molecule has 0 saturated carbocycles. The Bertz CT molecular complexity index is 262. The largest absolute Gasteiger partial charge is 0.340 e. The van der Waals surface area contributed by atoms with Crippen molar-refractivity contribution in [3.63, 3.8) is 0 Å². The van der Waals surface area contributed by atoms with E-state index in [0.717, 1.165) is 52.0 Å². The summed E-state index contributed by atoms with van der Waals surface area (Å²) in [5.41, 5.74) is 5.85. The first kappa shape index (κ1) is 16.4. The van der Waals surface area contributed by atoms with Crippen molar-refractivity contribution in [1.82, 2.24) is 9.80 Å². The van der Waals surface area contributed by atoms with Gasteiger partial charge in [0.25, 0.3) is 0 Å². The average molecular weight is 269 g/mol. The van der Waals surface area contributed by atoms with Crippen LogP contribution in [0, 0.1) is 5.92 Å². The van der Waals surface area contributed by atoms with Crippen LogP contribution in [0.5, 0.6) is 0 Å². The van der Waals surface area contributed by atoms with E-state index in [1.165, 1.54) is 6.42 Å². The lowest BCUT2D eigenvalue weighted by Crippen LogP contribution is -2.54. The molecule has 1 heterocycles. The lowest BCUT2D eigenvalue weighted by molar-refractivity contribution is -0.137. The maximum absolute atomic E-state index is 12.2. The van der Waals surface area contributed by atoms with Gasteiger partial charge in [-0.05, 0) is 12.8 Å². The second-order valence-corrected chi connectivity index (χ2v) is 5.73. The number of piperazine rings is 1. The number of hydrogen-bond donors (Lipinski definition) is 1. The van der Waals surface area contributed by atoms with Crippen molar-refractivity contribution >= 4 is 5.91 Å². The molecule has 1 aliphatic rings. The normalized spacial score (nSPS) is 20.3. The minimum Gasteiger partial charge on any atom is -0.340 e. The fraction of sp³-hybridized carbons (Fsp3) is 0.933. The molecule has 2 atom stereocenters. The lowest BCUT2D eigenvalue weighted by atomic mass is 10.0. The number of hydrogen-bond acceptors (Lipinski definition) is 3. The Labute approximate surface area is 118 Å². The summed E-state index contributed by atoms with van der Waals surface area (Å²) in [4.78, 5) is 16.7. The van der Waals surface area contributed by atoms with Gasteiger partial charge in [0.05, 0.1) is 0 Å². The van der Waals surface area contributed by atoms with E-state index in [0.29, 0.717) is 11.9 Å². The van der Waals surface area contributed by atoms with Gasteiger partial charge in [0.1, 0.15) is 0 Å². The van der Waals surface area contributed by atoms with Gasteiger partial charge >= 0.3 is 0 Å². The quantitative estimate of drug-likeness (QED) is 0.765. The zero-order chi connectivity index (χ0) is 14.3. The summed E-state index contributed by atoms with van der Waals surface area (Å²) in [6.45, 7) is 10.8. The molecule has 0 aromatic heterocycles. The van der Waals surface area contributed by atoms with Crippen LogP contribution in [0.4, 0.5) is 0 Å². The predicted octanol–water partition coefficient (Wildman–Crippen LogP) is 1.69. The third-order valence-electron chi connectivity index (χ3n) is 4.18. The molecule has 0 aromatic rings. The van der Waals surface area contributed by atoms with E-state index in [2.05, 4.69) is 25.7 Å². The zero-order valence-corrected chi connectivity index (χ0v) is 12.9. The van der Waals surface area contributed by atoms with Gasteiger partial charge in [-0.15, -0.1) is 0 Å². The van der Waals surface area contributed by atoms with Gasteiger partial charge < -0.3 is 10.6 Å². The fourth-order valence-electron chi connectivity index (χ4n) is 2.96. The van der Waals surface area contributed by atoms with E-state index in [1.54, 1.807) is 0 Å². The minimum atomic E-state index is 0.178. The Balaban J connectivity index is 2.41. The maximum atomic E-state index is 12.2. The van der Waals surface area contributed by atoms with Crippen LogP contribution in [0.2, 0.25) is 0 Å². The Hall–Kier alpha value is -0.610. The van der Waals surface area contributed by atoms with Crippen LogP contribution < -0.4 is 5.73 Å². The van der Waals surface area contributed by atoms with Crippen LogP contribution in [0.15, 0.2) is 0 Å². The molecule has 0 radical (unpaired) electrons. The van der Waals surface area contributed by atoms with Crippen molar-refractivity contribution in [2.45, 2.75) is 52.5 Å². The number of nitrogens with two attached hydrogens (primary N) is 1. The summed E-state index contributed by atoms with van der Waals surface area (Å²) >= 11 is 0. The summed E-state index contributed by atoms with van der Waals surface area (Å²) in [7, 11) is 0. The van der Waals surface area contributed by atoms with Gasteiger partial charge in [-0.2, -0.15) is 0 Å². The molecule has 0 aromatic carbocycles. The molecule has 19 heavy (non-hydrogen) atoms. The van der Waals surface area contributed by atoms with Gasteiger partial charge in [-0.3, -0.25) is 9.69 Å². The first-order chi connectivity index (χ1) is 9.13. The highest BCUT2D eigenvalue weighted by Gasteiger charge is 2.26.